The van der Waals surface area contributed by atoms with Crippen molar-refractivity contribution in [3.05, 3.63) is 34.4 Å². The van der Waals surface area contributed by atoms with E-state index in [0.717, 1.165) is 6.42 Å². The first-order valence-corrected chi connectivity index (χ1v) is 9.15. The van der Waals surface area contributed by atoms with Crippen molar-refractivity contribution in [3.63, 3.8) is 0 Å². The van der Waals surface area contributed by atoms with Gasteiger partial charge in [-0.2, -0.15) is 0 Å². The third-order valence-electron chi connectivity index (χ3n) is 5.31. The van der Waals surface area contributed by atoms with E-state index in [9.17, 15) is 19.7 Å². The molecule has 0 spiro atoms. The van der Waals surface area contributed by atoms with Crippen LogP contribution in [0.2, 0.25) is 0 Å². The van der Waals surface area contributed by atoms with Crippen molar-refractivity contribution in [2.24, 2.45) is 23.7 Å². The molecule has 8 heteroatoms. The Labute approximate surface area is 148 Å². The van der Waals surface area contributed by atoms with Gasteiger partial charge >= 0.3 is 0 Å². The molecule has 0 radical (unpaired) electrons. The number of carbonyl (C=O) groups is 2. The Kier molecular flexibility index (Phi) is 3.39. The van der Waals surface area contributed by atoms with Crippen LogP contribution in [0.15, 0.2) is 24.3 Å². The van der Waals surface area contributed by atoms with Crippen LogP contribution in [-0.4, -0.2) is 26.4 Å². The van der Waals surface area contributed by atoms with Gasteiger partial charge in [0.1, 0.15) is 0 Å². The Morgan fingerprint density at radius 2 is 1.48 bits per heavy atom. The summed E-state index contributed by atoms with van der Waals surface area (Å²) in [6, 6.07) is 5.57. The summed E-state index contributed by atoms with van der Waals surface area (Å²) in [6.07, 6.45) is 0.882. The van der Waals surface area contributed by atoms with E-state index in [2.05, 4.69) is 31.9 Å². The third-order valence-corrected chi connectivity index (χ3v) is 8.51. The van der Waals surface area contributed by atoms with Gasteiger partial charge in [-0.1, -0.05) is 31.9 Å². The first-order valence-electron chi connectivity index (χ1n) is 7.32. The second-order valence-corrected chi connectivity index (χ2v) is 8.40. The van der Waals surface area contributed by atoms with Gasteiger partial charge < -0.3 is 0 Å². The lowest BCUT2D eigenvalue weighted by Gasteiger charge is -2.28. The van der Waals surface area contributed by atoms with E-state index in [1.54, 1.807) is 0 Å². The molecule has 0 aromatic heterocycles. The second kappa shape index (κ2) is 5.11. The van der Waals surface area contributed by atoms with E-state index in [4.69, 9.17) is 0 Å². The number of fused-ring (bicyclic) bond motifs is 5. The lowest BCUT2D eigenvalue weighted by molar-refractivity contribution is -0.384. The molecule has 1 aromatic rings. The van der Waals surface area contributed by atoms with Gasteiger partial charge in [-0.3, -0.25) is 24.6 Å². The molecule has 1 aliphatic heterocycles. The highest BCUT2D eigenvalue weighted by Gasteiger charge is 2.66. The number of hydrogen-bond donors (Lipinski definition) is 0. The minimum atomic E-state index is -0.503. The quantitative estimate of drug-likeness (QED) is 0.304. The number of anilines is 1. The summed E-state index contributed by atoms with van der Waals surface area (Å²) in [7, 11) is 0. The Morgan fingerprint density at radius 3 is 1.91 bits per heavy atom. The Balaban J connectivity index is 1.68. The van der Waals surface area contributed by atoms with Gasteiger partial charge in [-0.15, -0.1) is 0 Å². The monoisotopic (exact) mass is 442 g/mol. The van der Waals surface area contributed by atoms with Crippen molar-refractivity contribution < 1.29 is 14.5 Å². The predicted octanol–water partition coefficient (Wildman–Crippen LogP) is 2.88. The number of nitrogens with zero attached hydrogens (tertiary/aromatic N) is 2. The second-order valence-electron chi connectivity index (χ2n) is 6.29. The molecule has 0 unspecified atom stereocenters. The Bertz CT molecular complexity index is 691. The molecule has 6 atom stereocenters. The molecule has 120 valence electrons. The molecular weight excluding hydrogens is 432 g/mol. The highest BCUT2D eigenvalue weighted by Crippen LogP contribution is 2.60. The van der Waals surface area contributed by atoms with Crippen LogP contribution in [0, 0.1) is 33.8 Å². The smallest absolute Gasteiger partial charge is 0.269 e. The fraction of sp³-hybridized carbons (Fsp3) is 0.467. The molecule has 1 saturated heterocycles. The molecule has 2 saturated carbocycles. The SMILES string of the molecule is O=C1[C@@H]2[C@H]3C[C@@H]([C@H](Br)[C@@H]3Br)[C@@H]2C(=O)N1c1ccc([N+](=O)[O-])cc1. The number of benzene rings is 1. The van der Waals surface area contributed by atoms with Crippen molar-refractivity contribution in [2.75, 3.05) is 4.90 Å². The Hall–Kier alpha value is -1.28. The van der Waals surface area contributed by atoms with Crippen LogP contribution in [-0.2, 0) is 9.59 Å². The van der Waals surface area contributed by atoms with Gasteiger partial charge in [-0.05, 0) is 30.4 Å². The molecule has 3 aliphatic rings. The lowest BCUT2D eigenvalue weighted by Crippen LogP contribution is -2.37. The molecule has 0 N–H and O–H groups in total. The minimum Gasteiger partial charge on any atom is -0.274 e. The van der Waals surface area contributed by atoms with Gasteiger partial charge in [0.2, 0.25) is 11.8 Å². The standard InChI is InChI=1S/C15H12Br2N2O4/c16-12-8-5-9(13(12)17)11-10(8)14(20)18(15(11)21)6-1-3-7(4-2-6)19(22)23/h1-4,8-13H,5H2/t8-,9-,10-,11+,12-,13+/m1/s1. The zero-order chi connectivity index (χ0) is 16.5. The van der Waals surface area contributed by atoms with E-state index in [-0.39, 0.29) is 50.8 Å². The summed E-state index contributed by atoms with van der Waals surface area (Å²) in [5.74, 6) is -0.583. The molecular formula is C15H12Br2N2O4. The maximum Gasteiger partial charge on any atom is 0.269 e. The summed E-state index contributed by atoms with van der Waals surface area (Å²) in [5.41, 5.74) is 0.353. The van der Waals surface area contributed by atoms with Gasteiger partial charge in [0.05, 0.1) is 22.4 Å². The van der Waals surface area contributed by atoms with Crippen molar-refractivity contribution >= 4 is 55.0 Å². The van der Waals surface area contributed by atoms with Gasteiger partial charge in [0, 0.05) is 21.8 Å². The molecule has 1 heterocycles. The Morgan fingerprint density at radius 1 is 1.00 bits per heavy atom. The van der Waals surface area contributed by atoms with E-state index in [1.165, 1.54) is 29.2 Å². The number of nitro benzene ring substituents is 1. The topological polar surface area (TPSA) is 80.5 Å². The first-order chi connectivity index (χ1) is 10.9. The molecule has 2 bridgehead atoms. The summed E-state index contributed by atoms with van der Waals surface area (Å²) >= 11 is 7.28. The fourth-order valence-corrected chi connectivity index (χ4v) is 6.20. The zero-order valence-corrected chi connectivity index (χ0v) is 14.9. The molecule has 6 nitrogen and oxygen atoms in total. The van der Waals surface area contributed by atoms with Crippen molar-refractivity contribution in [2.45, 2.75) is 16.1 Å². The van der Waals surface area contributed by atoms with E-state index >= 15 is 0 Å². The number of alkyl halides is 2. The first kappa shape index (κ1) is 15.3. The number of amides is 2. The average molecular weight is 444 g/mol. The molecule has 2 amide bonds. The van der Waals surface area contributed by atoms with Crippen LogP contribution < -0.4 is 4.90 Å². The molecule has 3 fully saturated rings. The average Bonchev–Trinajstić information content (AvgIpc) is 3.12. The van der Waals surface area contributed by atoms with Gasteiger partial charge in [0.15, 0.2) is 0 Å². The largest absolute Gasteiger partial charge is 0.274 e. The maximum atomic E-state index is 12.8. The zero-order valence-electron chi connectivity index (χ0n) is 11.8. The fourth-order valence-electron chi connectivity index (χ4n) is 4.33. The maximum absolute atomic E-state index is 12.8. The highest BCUT2D eigenvalue weighted by atomic mass is 79.9. The molecule has 2 aliphatic carbocycles. The predicted molar refractivity (Wildman–Crippen MR) is 89.6 cm³/mol. The van der Waals surface area contributed by atoms with Crippen LogP contribution >= 0.6 is 31.9 Å². The van der Waals surface area contributed by atoms with Crippen molar-refractivity contribution in [3.8, 4) is 0 Å². The number of halogens is 2. The highest BCUT2D eigenvalue weighted by molar-refractivity contribution is 9.12. The van der Waals surface area contributed by atoms with Crippen LogP contribution in [0.3, 0.4) is 0 Å². The summed E-state index contributed by atoms with van der Waals surface area (Å²) in [5, 5.41) is 10.7. The van der Waals surface area contributed by atoms with Gasteiger partial charge in [-0.25, -0.2) is 0 Å². The normalized spacial score (nSPS) is 38.3. The van der Waals surface area contributed by atoms with Crippen LogP contribution in [0.4, 0.5) is 11.4 Å². The number of imide groups is 1. The van der Waals surface area contributed by atoms with E-state index in [1.807, 2.05) is 0 Å². The minimum absolute atomic E-state index is 0.0610. The van der Waals surface area contributed by atoms with Crippen LogP contribution in [0.5, 0.6) is 0 Å². The van der Waals surface area contributed by atoms with E-state index in [0.29, 0.717) is 5.69 Å². The van der Waals surface area contributed by atoms with Crippen LogP contribution in [0.1, 0.15) is 6.42 Å². The lowest BCUT2D eigenvalue weighted by atomic mass is 9.81. The summed E-state index contributed by atoms with van der Waals surface area (Å²) in [6.45, 7) is 0. The number of rotatable bonds is 2. The number of hydrogen-bond acceptors (Lipinski definition) is 4. The third kappa shape index (κ3) is 1.97. The van der Waals surface area contributed by atoms with Crippen molar-refractivity contribution in [1.29, 1.82) is 0 Å². The number of carbonyl (C=O) groups excluding carboxylic acids is 2. The molecule has 1 aromatic carbocycles. The van der Waals surface area contributed by atoms with Crippen LogP contribution in [0.25, 0.3) is 0 Å². The van der Waals surface area contributed by atoms with E-state index < -0.39 is 4.92 Å². The summed E-state index contributed by atoms with van der Waals surface area (Å²) < 4.78 is 0. The van der Waals surface area contributed by atoms with Gasteiger partial charge in [0.25, 0.3) is 5.69 Å². The summed E-state index contributed by atoms with van der Waals surface area (Å²) in [4.78, 5) is 37.4. The van der Waals surface area contributed by atoms with Crippen molar-refractivity contribution in [1.82, 2.24) is 0 Å². The number of nitro groups is 1. The molecule has 23 heavy (non-hydrogen) atoms. The number of non-ortho nitro benzene ring substituents is 1. The molecule has 4 rings (SSSR count).